The summed E-state index contributed by atoms with van der Waals surface area (Å²) in [6.07, 6.45) is 0. The fraction of sp³-hybridized carbons (Fsp3) is 0.100. The molecule has 3 aromatic rings. The van der Waals surface area contributed by atoms with Gasteiger partial charge in [0.25, 0.3) is 0 Å². The van der Waals surface area contributed by atoms with Crippen molar-refractivity contribution in [3.8, 4) is 0 Å². The van der Waals surface area contributed by atoms with Crippen LogP contribution in [0.3, 0.4) is 0 Å². The van der Waals surface area contributed by atoms with Gasteiger partial charge in [-0.2, -0.15) is 0 Å². The van der Waals surface area contributed by atoms with E-state index in [-0.39, 0.29) is 5.91 Å². The van der Waals surface area contributed by atoms with Gasteiger partial charge in [-0.05, 0) is 28.5 Å². The highest BCUT2D eigenvalue weighted by Crippen LogP contribution is 2.36. The van der Waals surface area contributed by atoms with Gasteiger partial charge in [-0.1, -0.05) is 60.7 Å². The molecule has 25 heavy (non-hydrogen) atoms. The SMILES string of the molecule is CNC(=O)NC(=O)[C@H](Sc1ccc2ccccc2c1)c1ccccc1. The number of hydrogen-bond acceptors (Lipinski definition) is 3. The monoisotopic (exact) mass is 350 g/mol. The average molecular weight is 350 g/mol. The molecule has 4 nitrogen and oxygen atoms in total. The Hall–Kier alpha value is -2.79. The number of amides is 3. The molecule has 2 N–H and O–H groups in total. The standard InChI is InChI=1S/C20H18N2O2S/c1-21-20(24)22-19(23)18(15-8-3-2-4-9-15)25-17-12-11-14-7-5-6-10-16(14)13-17/h2-13,18H,1H3,(H2,21,22,23,24)/t18-/m1/s1. The minimum absolute atomic E-state index is 0.344. The van der Waals surface area contributed by atoms with Crippen molar-refractivity contribution in [2.75, 3.05) is 7.05 Å². The summed E-state index contributed by atoms with van der Waals surface area (Å²) in [5.41, 5.74) is 0.849. The highest BCUT2D eigenvalue weighted by Gasteiger charge is 2.23. The molecule has 126 valence electrons. The first-order chi connectivity index (χ1) is 12.2. The number of fused-ring (bicyclic) bond motifs is 1. The van der Waals surface area contributed by atoms with Crippen molar-refractivity contribution >= 4 is 34.5 Å². The van der Waals surface area contributed by atoms with Crippen LogP contribution in [0.2, 0.25) is 0 Å². The summed E-state index contributed by atoms with van der Waals surface area (Å²) >= 11 is 1.43. The Morgan fingerprint density at radius 3 is 2.28 bits per heavy atom. The first kappa shape index (κ1) is 17.0. The Bertz CT molecular complexity index is 896. The predicted molar refractivity (Wildman–Crippen MR) is 102 cm³/mol. The molecule has 1 atom stereocenters. The quantitative estimate of drug-likeness (QED) is 0.696. The van der Waals surface area contributed by atoms with E-state index in [2.05, 4.69) is 22.8 Å². The number of urea groups is 1. The Morgan fingerprint density at radius 2 is 1.56 bits per heavy atom. The van der Waals surface area contributed by atoms with E-state index in [0.29, 0.717) is 0 Å². The number of hydrogen-bond donors (Lipinski definition) is 2. The fourth-order valence-corrected chi connectivity index (χ4v) is 3.59. The van der Waals surface area contributed by atoms with Gasteiger partial charge in [0.2, 0.25) is 5.91 Å². The molecule has 0 spiro atoms. The molecule has 5 heteroatoms. The van der Waals surface area contributed by atoms with Crippen LogP contribution in [0, 0.1) is 0 Å². The summed E-state index contributed by atoms with van der Waals surface area (Å²) in [5.74, 6) is -0.344. The topological polar surface area (TPSA) is 58.2 Å². The third-order valence-corrected chi connectivity index (χ3v) is 5.03. The third kappa shape index (κ3) is 4.19. The highest BCUT2D eigenvalue weighted by molar-refractivity contribution is 8.00. The number of imide groups is 1. The molecule has 0 bridgehead atoms. The molecule has 0 aliphatic carbocycles. The van der Waals surface area contributed by atoms with Crippen molar-refractivity contribution in [3.63, 3.8) is 0 Å². The summed E-state index contributed by atoms with van der Waals surface area (Å²) in [6.45, 7) is 0. The summed E-state index contributed by atoms with van der Waals surface area (Å²) in [5, 5.41) is 6.54. The summed E-state index contributed by atoms with van der Waals surface area (Å²) < 4.78 is 0. The van der Waals surface area contributed by atoms with Gasteiger partial charge < -0.3 is 5.32 Å². The summed E-state index contributed by atoms with van der Waals surface area (Å²) in [4.78, 5) is 25.1. The van der Waals surface area contributed by atoms with Gasteiger partial charge in [-0.25, -0.2) is 4.79 Å². The van der Waals surface area contributed by atoms with Crippen molar-refractivity contribution in [2.24, 2.45) is 0 Å². The summed E-state index contributed by atoms with van der Waals surface area (Å²) in [7, 11) is 1.48. The molecule has 0 aliphatic rings. The second kappa shape index (κ2) is 7.85. The number of carbonyl (C=O) groups is 2. The van der Waals surface area contributed by atoms with Crippen LogP contribution in [0.5, 0.6) is 0 Å². The van der Waals surface area contributed by atoms with E-state index in [1.165, 1.54) is 18.8 Å². The van der Waals surface area contributed by atoms with Crippen LogP contribution in [0.15, 0.2) is 77.7 Å². The molecule has 0 aromatic heterocycles. The lowest BCUT2D eigenvalue weighted by atomic mass is 10.1. The largest absolute Gasteiger partial charge is 0.341 e. The Kier molecular flexibility index (Phi) is 5.36. The van der Waals surface area contributed by atoms with E-state index in [4.69, 9.17) is 0 Å². The number of benzene rings is 3. The minimum Gasteiger partial charge on any atom is -0.341 e. The van der Waals surface area contributed by atoms with Crippen LogP contribution in [0.4, 0.5) is 4.79 Å². The number of thioether (sulfide) groups is 1. The van der Waals surface area contributed by atoms with Gasteiger partial charge in [0.15, 0.2) is 0 Å². The first-order valence-electron chi connectivity index (χ1n) is 7.90. The lowest BCUT2D eigenvalue weighted by molar-refractivity contribution is -0.119. The van der Waals surface area contributed by atoms with Gasteiger partial charge in [0.1, 0.15) is 5.25 Å². The molecule has 0 unspecified atom stereocenters. The molecule has 0 aliphatic heterocycles. The molecule has 0 heterocycles. The van der Waals surface area contributed by atoms with E-state index in [0.717, 1.165) is 21.2 Å². The summed E-state index contributed by atoms with van der Waals surface area (Å²) in [6, 6.07) is 23.1. The van der Waals surface area contributed by atoms with Crippen molar-refractivity contribution in [3.05, 3.63) is 78.4 Å². The van der Waals surface area contributed by atoms with Gasteiger partial charge in [0, 0.05) is 11.9 Å². The van der Waals surface area contributed by atoms with Gasteiger partial charge >= 0.3 is 6.03 Å². The maximum absolute atomic E-state index is 12.6. The maximum Gasteiger partial charge on any atom is 0.321 e. The molecule has 3 aromatic carbocycles. The van der Waals surface area contributed by atoms with E-state index in [1.807, 2.05) is 60.7 Å². The molecule has 0 saturated heterocycles. The maximum atomic E-state index is 12.6. The molecule has 0 fully saturated rings. The van der Waals surface area contributed by atoms with Gasteiger partial charge in [0.05, 0.1) is 0 Å². The van der Waals surface area contributed by atoms with Crippen molar-refractivity contribution < 1.29 is 9.59 Å². The van der Waals surface area contributed by atoms with Crippen molar-refractivity contribution in [2.45, 2.75) is 10.1 Å². The van der Waals surface area contributed by atoms with Crippen LogP contribution < -0.4 is 10.6 Å². The fourth-order valence-electron chi connectivity index (χ4n) is 2.52. The molecule has 3 amide bonds. The Balaban J connectivity index is 1.90. The van der Waals surface area contributed by atoms with Crippen molar-refractivity contribution in [1.82, 2.24) is 10.6 Å². The second-order valence-electron chi connectivity index (χ2n) is 5.49. The minimum atomic E-state index is -0.514. The zero-order valence-corrected chi connectivity index (χ0v) is 14.5. The Morgan fingerprint density at radius 1 is 0.880 bits per heavy atom. The van der Waals surface area contributed by atoms with E-state index in [1.54, 1.807) is 0 Å². The zero-order chi connectivity index (χ0) is 17.6. The van der Waals surface area contributed by atoms with Crippen molar-refractivity contribution in [1.29, 1.82) is 0 Å². The molecule has 0 saturated carbocycles. The van der Waals surface area contributed by atoms with Crippen LogP contribution in [0.25, 0.3) is 10.8 Å². The normalized spacial score (nSPS) is 11.7. The number of carbonyl (C=O) groups excluding carboxylic acids is 2. The van der Waals surface area contributed by atoms with E-state index >= 15 is 0 Å². The molecular formula is C20H18N2O2S. The van der Waals surface area contributed by atoms with Gasteiger partial charge in [-0.15, -0.1) is 11.8 Å². The lowest BCUT2D eigenvalue weighted by Crippen LogP contribution is -2.39. The lowest BCUT2D eigenvalue weighted by Gasteiger charge is -2.16. The van der Waals surface area contributed by atoms with Crippen LogP contribution >= 0.6 is 11.8 Å². The van der Waals surface area contributed by atoms with E-state index in [9.17, 15) is 9.59 Å². The second-order valence-corrected chi connectivity index (χ2v) is 6.66. The average Bonchev–Trinajstić information content (AvgIpc) is 2.66. The number of nitrogens with one attached hydrogen (secondary N) is 2. The first-order valence-corrected chi connectivity index (χ1v) is 8.78. The van der Waals surface area contributed by atoms with Crippen LogP contribution in [-0.4, -0.2) is 19.0 Å². The highest BCUT2D eigenvalue weighted by atomic mass is 32.2. The van der Waals surface area contributed by atoms with Crippen LogP contribution in [0.1, 0.15) is 10.8 Å². The van der Waals surface area contributed by atoms with Gasteiger partial charge in [-0.3, -0.25) is 10.1 Å². The zero-order valence-electron chi connectivity index (χ0n) is 13.7. The number of rotatable bonds is 4. The van der Waals surface area contributed by atoms with Crippen LogP contribution in [-0.2, 0) is 4.79 Å². The molecule has 3 rings (SSSR count). The van der Waals surface area contributed by atoms with E-state index < -0.39 is 11.3 Å². The predicted octanol–water partition coefficient (Wildman–Crippen LogP) is 4.13. The smallest absolute Gasteiger partial charge is 0.321 e. The molecule has 0 radical (unpaired) electrons. The molecular weight excluding hydrogens is 332 g/mol. The Labute approximate surface area is 150 Å². The third-order valence-electron chi connectivity index (χ3n) is 3.78.